The first-order chi connectivity index (χ1) is 12.7. The smallest absolute Gasteiger partial charge is 0.326 e. The molecule has 0 spiro atoms. The van der Waals surface area contributed by atoms with Crippen molar-refractivity contribution in [2.75, 3.05) is 13.2 Å². The molecule has 2 aromatic rings. The van der Waals surface area contributed by atoms with Gasteiger partial charge in [-0.25, -0.2) is 9.97 Å². The van der Waals surface area contributed by atoms with E-state index in [4.69, 9.17) is 9.47 Å². The van der Waals surface area contributed by atoms with Crippen molar-refractivity contribution in [2.45, 2.75) is 26.2 Å². The van der Waals surface area contributed by atoms with Crippen LogP contribution in [-0.2, 0) is 25.5 Å². The minimum atomic E-state index is -1.20. The summed E-state index contributed by atoms with van der Waals surface area (Å²) in [5.74, 6) is -2.03. The molecule has 0 aliphatic heterocycles. The van der Waals surface area contributed by atoms with Gasteiger partial charge in [-0.2, -0.15) is 0 Å². The molecule has 0 saturated carbocycles. The lowest BCUT2D eigenvalue weighted by atomic mass is 10.1. The summed E-state index contributed by atoms with van der Waals surface area (Å²) in [5.41, 5.74) is 1.35. The van der Waals surface area contributed by atoms with E-state index in [2.05, 4.69) is 9.97 Å². The fourth-order valence-corrected chi connectivity index (χ4v) is 2.33. The van der Waals surface area contributed by atoms with E-state index in [0.29, 0.717) is 12.2 Å². The van der Waals surface area contributed by atoms with Crippen molar-refractivity contribution >= 4 is 18.0 Å². The van der Waals surface area contributed by atoms with Crippen LogP contribution >= 0.6 is 0 Å². The first-order valence-corrected chi connectivity index (χ1v) is 8.52. The molecule has 0 saturated heterocycles. The number of hydrogen-bond acceptors (Lipinski definition) is 6. The zero-order chi connectivity index (χ0) is 18.8. The van der Waals surface area contributed by atoms with Crippen LogP contribution in [0.5, 0.6) is 0 Å². The Labute approximate surface area is 152 Å². The highest BCUT2D eigenvalue weighted by Gasteiger charge is 2.33. The molecular weight excluding hydrogens is 332 g/mol. The van der Waals surface area contributed by atoms with Gasteiger partial charge in [0.2, 0.25) is 0 Å². The SMILES string of the molecule is CCOC(=O)C(C(=O)OCC)c1ccnc(C/C=C/c2ccccc2)n1. The lowest BCUT2D eigenvalue weighted by Crippen LogP contribution is -2.27. The van der Waals surface area contributed by atoms with E-state index >= 15 is 0 Å². The zero-order valence-corrected chi connectivity index (χ0v) is 14.9. The Balaban J connectivity index is 2.17. The molecule has 0 aliphatic carbocycles. The summed E-state index contributed by atoms with van der Waals surface area (Å²) in [7, 11) is 0. The molecule has 6 nitrogen and oxygen atoms in total. The summed E-state index contributed by atoms with van der Waals surface area (Å²) in [5, 5.41) is 0. The molecule has 6 heteroatoms. The van der Waals surface area contributed by atoms with E-state index in [-0.39, 0.29) is 18.9 Å². The van der Waals surface area contributed by atoms with Crippen molar-refractivity contribution in [3.8, 4) is 0 Å². The summed E-state index contributed by atoms with van der Waals surface area (Å²) >= 11 is 0. The molecule has 1 aromatic carbocycles. The van der Waals surface area contributed by atoms with E-state index in [1.165, 1.54) is 12.3 Å². The molecule has 0 bridgehead atoms. The van der Waals surface area contributed by atoms with Crippen molar-refractivity contribution in [3.63, 3.8) is 0 Å². The van der Waals surface area contributed by atoms with E-state index in [0.717, 1.165) is 5.56 Å². The van der Waals surface area contributed by atoms with E-state index in [1.807, 2.05) is 42.5 Å². The first-order valence-electron chi connectivity index (χ1n) is 8.52. The summed E-state index contributed by atoms with van der Waals surface area (Å²) < 4.78 is 9.98. The molecule has 0 radical (unpaired) electrons. The molecule has 0 N–H and O–H groups in total. The Morgan fingerprint density at radius 2 is 1.69 bits per heavy atom. The zero-order valence-electron chi connectivity index (χ0n) is 14.9. The molecule has 26 heavy (non-hydrogen) atoms. The molecule has 136 valence electrons. The summed E-state index contributed by atoms with van der Waals surface area (Å²) in [6, 6.07) is 11.4. The third-order valence-corrected chi connectivity index (χ3v) is 3.48. The van der Waals surface area contributed by atoms with Crippen LogP contribution in [0.15, 0.2) is 48.7 Å². The van der Waals surface area contributed by atoms with Gasteiger partial charge in [-0.15, -0.1) is 0 Å². The van der Waals surface area contributed by atoms with Gasteiger partial charge in [0.15, 0.2) is 5.92 Å². The average molecular weight is 354 g/mol. The monoisotopic (exact) mass is 354 g/mol. The normalized spacial score (nSPS) is 10.9. The van der Waals surface area contributed by atoms with E-state index < -0.39 is 17.9 Å². The second kappa shape index (κ2) is 10.1. The fourth-order valence-electron chi connectivity index (χ4n) is 2.33. The van der Waals surface area contributed by atoms with Crippen LogP contribution in [0.2, 0.25) is 0 Å². The molecule has 0 fully saturated rings. The predicted molar refractivity (Wildman–Crippen MR) is 97.2 cm³/mol. The van der Waals surface area contributed by atoms with Crippen molar-refractivity contribution in [1.29, 1.82) is 0 Å². The highest BCUT2D eigenvalue weighted by Crippen LogP contribution is 2.18. The Hall–Kier alpha value is -3.02. The molecule has 0 atom stereocenters. The van der Waals surface area contributed by atoms with Crippen LogP contribution in [0.1, 0.15) is 36.8 Å². The summed E-state index contributed by atoms with van der Waals surface area (Å²) in [6.45, 7) is 3.71. The van der Waals surface area contributed by atoms with Crippen LogP contribution in [0.3, 0.4) is 0 Å². The van der Waals surface area contributed by atoms with Gasteiger partial charge in [0.25, 0.3) is 0 Å². The maximum atomic E-state index is 12.2. The minimum absolute atomic E-state index is 0.173. The molecule has 0 amide bonds. The number of esters is 2. The lowest BCUT2D eigenvalue weighted by Gasteiger charge is -2.14. The van der Waals surface area contributed by atoms with Crippen molar-refractivity contribution < 1.29 is 19.1 Å². The highest BCUT2D eigenvalue weighted by molar-refractivity contribution is 6.00. The van der Waals surface area contributed by atoms with E-state index in [1.54, 1.807) is 13.8 Å². The number of allylic oxidation sites excluding steroid dienone is 1. The second-order valence-corrected chi connectivity index (χ2v) is 5.35. The van der Waals surface area contributed by atoms with Crippen molar-refractivity contribution in [2.24, 2.45) is 0 Å². The number of carbonyl (C=O) groups excluding carboxylic acids is 2. The lowest BCUT2D eigenvalue weighted by molar-refractivity contribution is -0.157. The van der Waals surface area contributed by atoms with Gasteiger partial charge in [-0.1, -0.05) is 42.5 Å². The minimum Gasteiger partial charge on any atom is -0.465 e. The quantitative estimate of drug-likeness (QED) is 0.536. The third-order valence-electron chi connectivity index (χ3n) is 3.48. The maximum Gasteiger partial charge on any atom is 0.326 e. The Kier molecular flexibility index (Phi) is 7.49. The van der Waals surface area contributed by atoms with Crippen molar-refractivity contribution in [1.82, 2.24) is 9.97 Å². The van der Waals surface area contributed by atoms with Gasteiger partial charge in [0, 0.05) is 12.6 Å². The van der Waals surface area contributed by atoms with Gasteiger partial charge >= 0.3 is 11.9 Å². The Bertz CT molecular complexity index is 741. The van der Waals surface area contributed by atoms with Gasteiger partial charge < -0.3 is 9.47 Å². The number of hydrogen-bond donors (Lipinski definition) is 0. The average Bonchev–Trinajstić information content (AvgIpc) is 2.64. The number of carbonyl (C=O) groups is 2. The van der Waals surface area contributed by atoms with Crippen molar-refractivity contribution in [3.05, 3.63) is 65.8 Å². The molecule has 1 heterocycles. The number of aromatic nitrogens is 2. The highest BCUT2D eigenvalue weighted by atomic mass is 16.6. The number of benzene rings is 1. The van der Waals surface area contributed by atoms with Gasteiger partial charge in [-0.3, -0.25) is 9.59 Å². The maximum absolute atomic E-state index is 12.2. The largest absolute Gasteiger partial charge is 0.465 e. The molecule has 1 aromatic heterocycles. The van der Waals surface area contributed by atoms with Gasteiger partial charge in [0.05, 0.1) is 18.9 Å². The topological polar surface area (TPSA) is 78.4 Å². The predicted octanol–water partition coefficient (Wildman–Crippen LogP) is 2.94. The van der Waals surface area contributed by atoms with Crippen LogP contribution in [0, 0.1) is 0 Å². The van der Waals surface area contributed by atoms with E-state index in [9.17, 15) is 9.59 Å². The fraction of sp³-hybridized carbons (Fsp3) is 0.300. The Morgan fingerprint density at radius 3 is 2.31 bits per heavy atom. The molecular formula is C20H22N2O4. The van der Waals surface area contributed by atoms with Crippen LogP contribution in [-0.4, -0.2) is 35.1 Å². The summed E-state index contributed by atoms with van der Waals surface area (Å²) in [4.78, 5) is 32.9. The number of rotatable bonds is 8. The Morgan fingerprint density at radius 1 is 1.04 bits per heavy atom. The van der Waals surface area contributed by atoms with Crippen LogP contribution in [0.4, 0.5) is 0 Å². The molecule has 0 unspecified atom stereocenters. The second-order valence-electron chi connectivity index (χ2n) is 5.35. The third kappa shape index (κ3) is 5.51. The van der Waals surface area contributed by atoms with Gasteiger partial charge in [-0.05, 0) is 25.5 Å². The first kappa shape index (κ1) is 19.3. The summed E-state index contributed by atoms with van der Waals surface area (Å²) in [6.07, 6.45) is 5.89. The number of ether oxygens (including phenoxy) is 2. The van der Waals surface area contributed by atoms with Crippen LogP contribution < -0.4 is 0 Å². The van der Waals surface area contributed by atoms with Gasteiger partial charge in [0.1, 0.15) is 5.82 Å². The molecule has 0 aliphatic rings. The molecule has 2 rings (SSSR count). The van der Waals surface area contributed by atoms with Crippen LogP contribution in [0.25, 0.3) is 6.08 Å². The number of nitrogens with zero attached hydrogens (tertiary/aromatic N) is 2. The standard InChI is InChI=1S/C20H22N2O4/c1-3-25-19(23)18(20(24)26-4-2)16-13-14-21-17(22-16)12-8-11-15-9-6-5-7-10-15/h5-11,13-14,18H,3-4,12H2,1-2H3/b11-8+.